The molecule has 1 fully saturated rings. The second-order valence-corrected chi connectivity index (χ2v) is 7.43. The van der Waals surface area contributed by atoms with Gasteiger partial charge in [-0.05, 0) is 42.5 Å². The lowest BCUT2D eigenvalue weighted by Gasteiger charge is -2.25. The Kier molecular flexibility index (Phi) is 6.16. The fourth-order valence-electron chi connectivity index (χ4n) is 2.68. The second-order valence-electron chi connectivity index (χ2n) is 5.95. The average molecular weight is 399 g/mol. The van der Waals surface area contributed by atoms with Crippen LogP contribution in [0.3, 0.4) is 0 Å². The van der Waals surface area contributed by atoms with E-state index in [1.807, 2.05) is 6.07 Å². The first kappa shape index (κ1) is 19.7. The summed E-state index contributed by atoms with van der Waals surface area (Å²) >= 11 is 0. The molecule has 0 aromatic heterocycles. The molecule has 0 spiro atoms. The molecule has 0 aliphatic carbocycles. The minimum absolute atomic E-state index is 0.0949. The Morgan fingerprint density at radius 1 is 1.14 bits per heavy atom. The lowest BCUT2D eigenvalue weighted by atomic mass is 10.1. The van der Waals surface area contributed by atoms with Crippen LogP contribution in [-0.2, 0) is 15.7 Å². The number of carboxylic acid groups (broad SMARTS) is 1. The largest absolute Gasteiger partial charge is 0.478 e. The van der Waals surface area contributed by atoms with Crippen molar-refractivity contribution in [1.82, 2.24) is 4.31 Å². The van der Waals surface area contributed by atoms with E-state index in [9.17, 15) is 18.9 Å². The van der Waals surface area contributed by atoms with E-state index in [1.54, 1.807) is 16.4 Å². The number of aromatic carboxylic acids is 1. The van der Waals surface area contributed by atoms with Gasteiger partial charge in [0.15, 0.2) is 0 Å². The molecule has 1 unspecified atom stereocenters. The van der Waals surface area contributed by atoms with Gasteiger partial charge in [-0.25, -0.2) is 13.3 Å². The van der Waals surface area contributed by atoms with Crippen LogP contribution < -0.4 is 5.32 Å². The number of nitriles is 1. The number of benzene rings is 2. The number of nitrogens with one attached hydrogen (secondary N) is 1. The van der Waals surface area contributed by atoms with Gasteiger partial charge in [0.2, 0.25) is 0 Å². The minimum atomic E-state index is -1.33. The number of hydrogen-bond acceptors (Lipinski definition) is 5. The van der Waals surface area contributed by atoms with E-state index in [-0.39, 0.29) is 16.8 Å². The van der Waals surface area contributed by atoms with Crippen molar-refractivity contribution in [2.24, 2.45) is 0 Å². The number of carbonyl (C=O) groups is 2. The monoisotopic (exact) mass is 399 g/mol. The highest BCUT2D eigenvalue weighted by molar-refractivity contribution is 7.82. The van der Waals surface area contributed by atoms with Gasteiger partial charge in [-0.2, -0.15) is 5.26 Å². The summed E-state index contributed by atoms with van der Waals surface area (Å²) in [6.07, 6.45) is 0. The Balaban J connectivity index is 1.74. The van der Waals surface area contributed by atoms with Crippen molar-refractivity contribution in [3.8, 4) is 6.07 Å². The first-order valence-electron chi connectivity index (χ1n) is 8.43. The standard InChI is InChI=1S/C19H17N3O5S/c20-12-13-1-6-17(16(11-13)19(24)25)21-18(23)14-2-4-15(5-3-14)28(26)22-7-9-27-10-8-22/h1-6,11H,7-10H2,(H,21,23)(H,24,25). The van der Waals surface area contributed by atoms with Crippen LogP contribution in [0.25, 0.3) is 0 Å². The molecule has 1 saturated heterocycles. The van der Waals surface area contributed by atoms with Gasteiger partial charge in [-0.1, -0.05) is 0 Å². The van der Waals surface area contributed by atoms with Crippen molar-refractivity contribution in [1.29, 1.82) is 5.26 Å². The quantitative estimate of drug-likeness (QED) is 0.792. The van der Waals surface area contributed by atoms with Crippen LogP contribution in [0.5, 0.6) is 0 Å². The molecule has 2 N–H and O–H groups in total. The van der Waals surface area contributed by atoms with Crippen molar-refractivity contribution in [3.63, 3.8) is 0 Å². The summed E-state index contributed by atoms with van der Waals surface area (Å²) in [5.74, 6) is -1.75. The summed E-state index contributed by atoms with van der Waals surface area (Å²) in [6, 6.07) is 12.2. The SMILES string of the molecule is N#Cc1ccc(NC(=O)c2ccc(S(=O)N3CCOCC3)cc2)c(C(=O)O)c1. The molecule has 28 heavy (non-hydrogen) atoms. The number of carbonyl (C=O) groups excluding carboxylic acids is 1. The molecule has 2 aromatic rings. The third-order valence-corrected chi connectivity index (χ3v) is 5.66. The van der Waals surface area contributed by atoms with Crippen LogP contribution in [-0.4, -0.2) is 51.8 Å². The number of anilines is 1. The first-order valence-corrected chi connectivity index (χ1v) is 9.53. The van der Waals surface area contributed by atoms with Gasteiger partial charge in [0.05, 0.1) is 41.0 Å². The molecular formula is C19H17N3O5S. The fourth-order valence-corrected chi connectivity index (χ4v) is 3.83. The zero-order valence-corrected chi connectivity index (χ0v) is 15.6. The maximum Gasteiger partial charge on any atom is 0.337 e. The summed E-state index contributed by atoms with van der Waals surface area (Å²) < 4.78 is 19.6. The number of amides is 1. The van der Waals surface area contributed by atoms with Crippen molar-refractivity contribution >= 4 is 28.5 Å². The van der Waals surface area contributed by atoms with Crippen LogP contribution in [0.15, 0.2) is 47.4 Å². The third-order valence-electron chi connectivity index (χ3n) is 4.15. The van der Waals surface area contributed by atoms with E-state index in [0.717, 1.165) is 0 Å². The fraction of sp³-hybridized carbons (Fsp3) is 0.211. The first-order chi connectivity index (χ1) is 13.5. The summed E-state index contributed by atoms with van der Waals surface area (Å²) in [5, 5.41) is 20.7. The number of carboxylic acids is 1. The zero-order valence-electron chi connectivity index (χ0n) is 14.8. The molecule has 0 bridgehead atoms. The number of hydrogen-bond donors (Lipinski definition) is 2. The molecule has 8 nitrogen and oxygen atoms in total. The third kappa shape index (κ3) is 4.43. The Morgan fingerprint density at radius 2 is 1.82 bits per heavy atom. The number of morpholine rings is 1. The predicted molar refractivity (Wildman–Crippen MR) is 101 cm³/mol. The second kappa shape index (κ2) is 8.75. The Morgan fingerprint density at radius 3 is 2.43 bits per heavy atom. The predicted octanol–water partition coefficient (Wildman–Crippen LogP) is 1.86. The average Bonchev–Trinajstić information content (AvgIpc) is 2.74. The van der Waals surface area contributed by atoms with Gasteiger partial charge in [-0.3, -0.25) is 4.79 Å². The maximum absolute atomic E-state index is 12.5. The topological polar surface area (TPSA) is 120 Å². The lowest BCUT2D eigenvalue weighted by Crippen LogP contribution is -2.37. The van der Waals surface area contributed by atoms with Crippen LogP contribution in [0.4, 0.5) is 5.69 Å². The van der Waals surface area contributed by atoms with Gasteiger partial charge in [0.25, 0.3) is 5.91 Å². The van der Waals surface area contributed by atoms with Crippen molar-refractivity contribution in [2.75, 3.05) is 31.6 Å². The van der Waals surface area contributed by atoms with Gasteiger partial charge < -0.3 is 15.2 Å². The molecule has 1 aliphatic rings. The van der Waals surface area contributed by atoms with E-state index >= 15 is 0 Å². The lowest BCUT2D eigenvalue weighted by molar-refractivity contribution is 0.0698. The molecule has 1 heterocycles. The molecule has 1 aliphatic heterocycles. The molecule has 1 amide bonds. The van der Waals surface area contributed by atoms with Gasteiger partial charge >= 0.3 is 5.97 Å². The highest BCUT2D eigenvalue weighted by atomic mass is 32.2. The highest BCUT2D eigenvalue weighted by Crippen LogP contribution is 2.19. The van der Waals surface area contributed by atoms with E-state index < -0.39 is 22.9 Å². The molecule has 1 atom stereocenters. The Hall–Kier alpha value is -3.06. The van der Waals surface area contributed by atoms with Crippen LogP contribution >= 0.6 is 0 Å². The normalized spacial score (nSPS) is 15.4. The molecule has 3 rings (SSSR count). The molecule has 0 saturated carbocycles. The number of nitrogens with zero attached hydrogens (tertiary/aromatic N) is 2. The van der Waals surface area contributed by atoms with E-state index in [1.165, 1.54) is 30.3 Å². The van der Waals surface area contributed by atoms with Gasteiger partial charge in [0.1, 0.15) is 11.0 Å². The van der Waals surface area contributed by atoms with Crippen LogP contribution in [0.2, 0.25) is 0 Å². The van der Waals surface area contributed by atoms with E-state index in [0.29, 0.717) is 36.8 Å². The van der Waals surface area contributed by atoms with E-state index in [4.69, 9.17) is 10.00 Å². The number of ether oxygens (including phenoxy) is 1. The maximum atomic E-state index is 12.5. The Bertz CT molecular complexity index is 963. The summed E-state index contributed by atoms with van der Waals surface area (Å²) in [5.41, 5.74) is 0.406. The summed E-state index contributed by atoms with van der Waals surface area (Å²) in [4.78, 5) is 24.4. The smallest absolute Gasteiger partial charge is 0.337 e. The summed E-state index contributed by atoms with van der Waals surface area (Å²) in [7, 11) is -1.33. The molecule has 9 heteroatoms. The zero-order chi connectivity index (χ0) is 20.1. The van der Waals surface area contributed by atoms with E-state index in [2.05, 4.69) is 5.32 Å². The molecule has 0 radical (unpaired) electrons. The van der Waals surface area contributed by atoms with Crippen molar-refractivity contribution < 1.29 is 23.6 Å². The highest BCUT2D eigenvalue weighted by Gasteiger charge is 2.19. The van der Waals surface area contributed by atoms with Gasteiger partial charge in [-0.15, -0.1) is 0 Å². The molecule has 144 valence electrons. The summed E-state index contributed by atoms with van der Waals surface area (Å²) in [6.45, 7) is 2.21. The van der Waals surface area contributed by atoms with Crippen LogP contribution in [0, 0.1) is 11.3 Å². The number of rotatable bonds is 5. The van der Waals surface area contributed by atoms with Crippen LogP contribution in [0.1, 0.15) is 26.3 Å². The van der Waals surface area contributed by atoms with Crippen molar-refractivity contribution in [2.45, 2.75) is 4.90 Å². The van der Waals surface area contributed by atoms with Crippen molar-refractivity contribution in [3.05, 3.63) is 59.2 Å². The minimum Gasteiger partial charge on any atom is -0.478 e. The Labute approximate surface area is 163 Å². The molecular weight excluding hydrogens is 382 g/mol. The van der Waals surface area contributed by atoms with Gasteiger partial charge in [0, 0.05) is 18.7 Å². The molecule has 2 aromatic carbocycles.